The molecule has 1 aliphatic heterocycles. The van der Waals surface area contributed by atoms with Crippen molar-refractivity contribution in [3.63, 3.8) is 0 Å². The summed E-state index contributed by atoms with van der Waals surface area (Å²) in [6, 6.07) is 8.76. The molecule has 2 aromatic heterocycles. The van der Waals surface area contributed by atoms with Gasteiger partial charge in [0.15, 0.2) is 5.76 Å². The molecule has 1 aromatic carbocycles. The molecule has 0 spiro atoms. The number of hydrogen-bond donors (Lipinski definition) is 1. The number of esters is 1. The van der Waals surface area contributed by atoms with Gasteiger partial charge in [-0.2, -0.15) is 0 Å². The first-order valence-electron chi connectivity index (χ1n) is 9.19. The highest BCUT2D eigenvalue weighted by Crippen LogP contribution is 2.33. The first-order chi connectivity index (χ1) is 14.0. The Balaban J connectivity index is 1.32. The maximum atomic E-state index is 11.9. The van der Waals surface area contributed by atoms with Crippen molar-refractivity contribution in [1.29, 1.82) is 0 Å². The number of benzene rings is 1. The molecule has 29 heavy (non-hydrogen) atoms. The highest BCUT2D eigenvalue weighted by molar-refractivity contribution is 5.69. The number of aryl methyl sites for hydroxylation is 1. The summed E-state index contributed by atoms with van der Waals surface area (Å²) in [6.07, 6.45) is 2.33. The molecule has 4 rings (SSSR count). The Kier molecular flexibility index (Phi) is 5.03. The largest absolute Gasteiger partial charge is 0.490 e. The third-order valence-corrected chi connectivity index (χ3v) is 4.57. The van der Waals surface area contributed by atoms with Crippen LogP contribution in [0.4, 0.5) is 0 Å². The van der Waals surface area contributed by atoms with Crippen molar-refractivity contribution in [2.45, 2.75) is 39.0 Å². The van der Waals surface area contributed by atoms with Crippen molar-refractivity contribution < 1.29 is 18.8 Å². The van der Waals surface area contributed by atoms with Gasteiger partial charge >= 0.3 is 11.7 Å². The SMILES string of the molecule is C[C@H]1Cc2cc(-c3cc(COC(=O)CCn4ccc(=O)[nH]c4=O)no3)ccc2O1. The first kappa shape index (κ1) is 18.7. The van der Waals surface area contributed by atoms with E-state index in [1.54, 1.807) is 6.07 Å². The summed E-state index contributed by atoms with van der Waals surface area (Å²) in [7, 11) is 0. The number of rotatable bonds is 6. The van der Waals surface area contributed by atoms with Gasteiger partial charge in [0, 0.05) is 36.9 Å². The summed E-state index contributed by atoms with van der Waals surface area (Å²) < 4.78 is 17.5. The third-order valence-electron chi connectivity index (χ3n) is 4.57. The zero-order valence-electron chi connectivity index (χ0n) is 15.7. The molecule has 0 unspecified atom stereocenters. The van der Waals surface area contributed by atoms with Crippen LogP contribution in [-0.4, -0.2) is 26.8 Å². The molecule has 0 fully saturated rings. The molecule has 1 atom stereocenters. The topological polar surface area (TPSA) is 116 Å². The van der Waals surface area contributed by atoms with Crippen molar-refractivity contribution in [1.82, 2.24) is 14.7 Å². The maximum Gasteiger partial charge on any atom is 0.328 e. The summed E-state index contributed by atoms with van der Waals surface area (Å²) in [4.78, 5) is 36.7. The van der Waals surface area contributed by atoms with Gasteiger partial charge < -0.3 is 18.6 Å². The van der Waals surface area contributed by atoms with Crippen LogP contribution in [-0.2, 0) is 29.1 Å². The van der Waals surface area contributed by atoms with Crippen LogP contribution in [0.25, 0.3) is 11.3 Å². The van der Waals surface area contributed by atoms with Crippen molar-refractivity contribution in [2.24, 2.45) is 0 Å². The molecule has 9 nitrogen and oxygen atoms in total. The Morgan fingerprint density at radius 1 is 1.31 bits per heavy atom. The van der Waals surface area contributed by atoms with Gasteiger partial charge in [0.2, 0.25) is 0 Å². The molecule has 0 saturated heterocycles. The van der Waals surface area contributed by atoms with Crippen LogP contribution in [0.3, 0.4) is 0 Å². The number of carbonyl (C=O) groups excluding carboxylic acids is 1. The predicted octanol–water partition coefficient (Wildman–Crippen LogP) is 1.65. The Hall–Kier alpha value is -3.62. The van der Waals surface area contributed by atoms with E-state index in [1.807, 2.05) is 25.1 Å². The van der Waals surface area contributed by atoms with Gasteiger partial charge in [0.1, 0.15) is 24.2 Å². The average Bonchev–Trinajstić information content (AvgIpc) is 3.30. The molecule has 0 amide bonds. The lowest BCUT2D eigenvalue weighted by atomic mass is 10.1. The highest BCUT2D eigenvalue weighted by atomic mass is 16.5. The fraction of sp³-hybridized carbons (Fsp3) is 0.300. The summed E-state index contributed by atoms with van der Waals surface area (Å²) >= 11 is 0. The molecular formula is C20H19N3O6. The number of H-pyrrole nitrogens is 1. The van der Waals surface area contributed by atoms with Crippen molar-refractivity contribution in [3.05, 3.63) is 68.6 Å². The van der Waals surface area contributed by atoms with Gasteiger partial charge in [-0.25, -0.2) is 4.79 Å². The number of nitrogens with zero attached hydrogens (tertiary/aromatic N) is 2. The second-order valence-corrected chi connectivity index (χ2v) is 6.85. The molecule has 0 aliphatic carbocycles. The average molecular weight is 397 g/mol. The second-order valence-electron chi connectivity index (χ2n) is 6.85. The molecular weight excluding hydrogens is 378 g/mol. The minimum atomic E-state index is -0.569. The number of hydrogen-bond acceptors (Lipinski definition) is 7. The molecule has 150 valence electrons. The highest BCUT2D eigenvalue weighted by Gasteiger charge is 2.20. The number of nitrogens with one attached hydrogen (secondary N) is 1. The Bertz CT molecular complexity index is 1160. The monoisotopic (exact) mass is 397 g/mol. The van der Waals surface area contributed by atoms with Gasteiger partial charge in [0.05, 0.1) is 6.42 Å². The molecule has 0 saturated carbocycles. The fourth-order valence-electron chi connectivity index (χ4n) is 3.15. The van der Waals surface area contributed by atoms with E-state index in [-0.39, 0.29) is 25.7 Å². The van der Waals surface area contributed by atoms with E-state index in [0.29, 0.717) is 11.5 Å². The van der Waals surface area contributed by atoms with E-state index in [0.717, 1.165) is 23.3 Å². The number of aromatic nitrogens is 3. The molecule has 9 heteroatoms. The zero-order valence-corrected chi connectivity index (χ0v) is 15.7. The minimum absolute atomic E-state index is 0.0142. The second kappa shape index (κ2) is 7.78. The van der Waals surface area contributed by atoms with Gasteiger partial charge in [-0.05, 0) is 30.7 Å². The summed E-state index contributed by atoms with van der Waals surface area (Å²) in [5.41, 5.74) is 1.43. The van der Waals surface area contributed by atoms with E-state index < -0.39 is 17.2 Å². The van der Waals surface area contributed by atoms with Crippen LogP contribution in [0.1, 0.15) is 24.6 Å². The molecule has 1 aliphatic rings. The lowest BCUT2D eigenvalue weighted by molar-refractivity contribution is -0.145. The molecule has 3 aromatic rings. The van der Waals surface area contributed by atoms with Gasteiger partial charge in [-0.3, -0.25) is 14.6 Å². The van der Waals surface area contributed by atoms with Gasteiger partial charge in [-0.1, -0.05) is 5.16 Å². The maximum absolute atomic E-state index is 11.9. The van der Waals surface area contributed by atoms with Crippen molar-refractivity contribution >= 4 is 5.97 Å². The van der Waals surface area contributed by atoms with Crippen LogP contribution in [0.15, 0.2) is 50.6 Å². The number of ether oxygens (including phenoxy) is 2. The van der Waals surface area contributed by atoms with Crippen molar-refractivity contribution in [2.75, 3.05) is 0 Å². The summed E-state index contributed by atoms with van der Waals surface area (Å²) in [5, 5.41) is 3.94. The fourth-order valence-corrected chi connectivity index (χ4v) is 3.15. The normalized spacial score (nSPS) is 15.0. The van der Waals surface area contributed by atoms with Gasteiger partial charge in [0.25, 0.3) is 5.56 Å². The van der Waals surface area contributed by atoms with Crippen LogP contribution in [0, 0.1) is 0 Å². The smallest absolute Gasteiger partial charge is 0.328 e. The molecule has 1 N–H and O–H groups in total. The van der Waals surface area contributed by atoms with E-state index in [9.17, 15) is 14.4 Å². The lowest BCUT2D eigenvalue weighted by Gasteiger charge is -2.04. The lowest BCUT2D eigenvalue weighted by Crippen LogP contribution is -2.29. The Morgan fingerprint density at radius 3 is 3.00 bits per heavy atom. The number of fused-ring (bicyclic) bond motifs is 1. The van der Waals surface area contributed by atoms with Gasteiger partial charge in [-0.15, -0.1) is 0 Å². The standard InChI is InChI=1S/C20H19N3O6/c1-12-8-14-9-13(2-3-16(14)28-12)17-10-15(22-29-17)11-27-19(25)5-7-23-6-4-18(24)21-20(23)26/h2-4,6,9-10,12H,5,7-8,11H2,1H3,(H,21,24,26)/t12-/m0/s1. The van der Waals surface area contributed by atoms with Crippen LogP contribution < -0.4 is 16.0 Å². The van der Waals surface area contributed by atoms with E-state index in [4.69, 9.17) is 14.0 Å². The number of carbonyl (C=O) groups is 1. The molecule has 0 radical (unpaired) electrons. The summed E-state index contributed by atoms with van der Waals surface area (Å²) in [5.74, 6) is 0.978. The summed E-state index contributed by atoms with van der Waals surface area (Å²) in [6.45, 7) is 2.09. The van der Waals surface area contributed by atoms with E-state index in [1.165, 1.54) is 16.8 Å². The van der Waals surface area contributed by atoms with E-state index >= 15 is 0 Å². The van der Waals surface area contributed by atoms with Crippen LogP contribution in [0.5, 0.6) is 5.75 Å². The Morgan fingerprint density at radius 2 is 2.17 bits per heavy atom. The zero-order chi connectivity index (χ0) is 20.4. The van der Waals surface area contributed by atoms with E-state index in [2.05, 4.69) is 10.1 Å². The quantitative estimate of drug-likeness (QED) is 0.629. The molecule has 0 bridgehead atoms. The minimum Gasteiger partial charge on any atom is -0.490 e. The number of aromatic amines is 1. The predicted molar refractivity (Wildman–Crippen MR) is 101 cm³/mol. The van der Waals surface area contributed by atoms with Crippen LogP contribution in [0.2, 0.25) is 0 Å². The first-order valence-corrected chi connectivity index (χ1v) is 9.19. The Labute approximate surface area is 164 Å². The third kappa shape index (κ3) is 4.29. The van der Waals surface area contributed by atoms with Crippen molar-refractivity contribution in [3.8, 4) is 17.1 Å². The van der Waals surface area contributed by atoms with Crippen LogP contribution >= 0.6 is 0 Å². The molecule has 3 heterocycles.